The molecule has 0 bridgehead atoms. The van der Waals surface area contributed by atoms with Gasteiger partial charge in [0, 0.05) is 25.2 Å². The van der Waals surface area contributed by atoms with Gasteiger partial charge < -0.3 is 5.32 Å². The summed E-state index contributed by atoms with van der Waals surface area (Å²) in [6, 6.07) is 2.46. The van der Waals surface area contributed by atoms with E-state index >= 15 is 0 Å². The Kier molecular flexibility index (Phi) is 4.55. The first kappa shape index (κ1) is 15.8. The molecular weight excluding hydrogens is 301 g/mol. The topological polar surface area (TPSA) is 92.6 Å². The molecule has 1 aliphatic rings. The van der Waals surface area contributed by atoms with Crippen molar-refractivity contribution < 1.29 is 17.7 Å². The van der Waals surface area contributed by atoms with Crippen molar-refractivity contribution in [3.63, 3.8) is 0 Å². The van der Waals surface area contributed by atoms with Gasteiger partial charge in [0.15, 0.2) is 0 Å². The minimum Gasteiger partial charge on any atom is -0.318 e. The lowest BCUT2D eigenvalue weighted by Gasteiger charge is -2.23. The van der Waals surface area contributed by atoms with Gasteiger partial charge in [0.25, 0.3) is 0 Å². The Bertz CT molecular complexity index is 650. The highest BCUT2D eigenvalue weighted by molar-refractivity contribution is 7.89. The van der Waals surface area contributed by atoms with Gasteiger partial charge in [-0.2, -0.15) is 8.70 Å². The first-order valence-electron chi connectivity index (χ1n) is 6.48. The van der Waals surface area contributed by atoms with Crippen LogP contribution in [0.15, 0.2) is 23.1 Å². The van der Waals surface area contributed by atoms with E-state index in [1.54, 1.807) is 7.05 Å². The van der Waals surface area contributed by atoms with Crippen LogP contribution in [-0.2, 0) is 10.0 Å². The van der Waals surface area contributed by atoms with Crippen LogP contribution in [0.3, 0.4) is 0 Å². The van der Waals surface area contributed by atoms with Gasteiger partial charge in [-0.3, -0.25) is 10.1 Å². The van der Waals surface area contributed by atoms with E-state index in [9.17, 15) is 22.9 Å². The van der Waals surface area contributed by atoms with Gasteiger partial charge in [-0.25, -0.2) is 8.42 Å². The Morgan fingerprint density at radius 2 is 2.24 bits per heavy atom. The lowest BCUT2D eigenvalue weighted by Crippen LogP contribution is -2.40. The number of hydrogen-bond acceptors (Lipinski definition) is 5. The lowest BCUT2D eigenvalue weighted by molar-refractivity contribution is -0.387. The molecule has 1 saturated heterocycles. The number of nitro groups is 1. The third-order valence-electron chi connectivity index (χ3n) is 3.48. The second kappa shape index (κ2) is 6.04. The summed E-state index contributed by atoms with van der Waals surface area (Å²) in [6.45, 7) is 0.863. The van der Waals surface area contributed by atoms with E-state index in [0.29, 0.717) is 13.1 Å². The van der Waals surface area contributed by atoms with Crippen LogP contribution in [-0.4, -0.2) is 43.8 Å². The van der Waals surface area contributed by atoms with Crippen LogP contribution in [0.4, 0.5) is 10.1 Å². The number of rotatable bonds is 5. The molecule has 1 unspecified atom stereocenters. The molecule has 1 atom stereocenters. The monoisotopic (exact) mass is 317 g/mol. The molecule has 1 heterocycles. The summed E-state index contributed by atoms with van der Waals surface area (Å²) in [5, 5.41) is 13.7. The normalized spacial score (nSPS) is 19.8. The Hall–Kier alpha value is -1.58. The van der Waals surface area contributed by atoms with Gasteiger partial charge in [0.05, 0.1) is 9.82 Å². The van der Waals surface area contributed by atoms with Crippen LogP contribution >= 0.6 is 0 Å². The first-order chi connectivity index (χ1) is 9.87. The fourth-order valence-corrected chi connectivity index (χ4v) is 4.21. The van der Waals surface area contributed by atoms with Crippen molar-refractivity contribution in [1.82, 2.24) is 9.62 Å². The van der Waals surface area contributed by atoms with E-state index in [1.165, 1.54) is 4.31 Å². The highest BCUT2D eigenvalue weighted by atomic mass is 32.2. The number of likely N-dealkylation sites (N-methyl/N-ethyl adjacent to an activating group) is 1. The predicted molar refractivity (Wildman–Crippen MR) is 73.9 cm³/mol. The number of nitrogens with zero attached hydrogens (tertiary/aromatic N) is 2. The maximum absolute atomic E-state index is 13.3. The van der Waals surface area contributed by atoms with Crippen molar-refractivity contribution in [2.24, 2.45) is 0 Å². The lowest BCUT2D eigenvalue weighted by atomic mass is 10.2. The average Bonchev–Trinajstić information content (AvgIpc) is 2.88. The quantitative estimate of drug-likeness (QED) is 0.648. The van der Waals surface area contributed by atoms with Gasteiger partial charge >= 0.3 is 5.69 Å². The van der Waals surface area contributed by atoms with E-state index in [-0.39, 0.29) is 10.9 Å². The molecule has 116 valence electrons. The maximum Gasteiger partial charge on any atom is 0.306 e. The predicted octanol–water partition coefficient (Wildman–Crippen LogP) is 1.11. The molecule has 1 aromatic rings. The smallest absolute Gasteiger partial charge is 0.306 e. The zero-order chi connectivity index (χ0) is 15.6. The van der Waals surface area contributed by atoms with Crippen LogP contribution in [0.5, 0.6) is 0 Å². The molecule has 0 saturated carbocycles. The molecule has 0 amide bonds. The minimum absolute atomic E-state index is 0.191. The van der Waals surface area contributed by atoms with Gasteiger partial charge in [-0.1, -0.05) is 0 Å². The van der Waals surface area contributed by atoms with Gasteiger partial charge in [0.2, 0.25) is 15.8 Å². The summed E-state index contributed by atoms with van der Waals surface area (Å²) >= 11 is 0. The molecule has 7 nitrogen and oxygen atoms in total. The number of hydrogen-bond donors (Lipinski definition) is 1. The van der Waals surface area contributed by atoms with E-state index in [1.807, 2.05) is 0 Å². The SMILES string of the molecule is CNCC1CCCN1S(=O)(=O)c1ccc(F)c([N+](=O)[O-])c1. The minimum atomic E-state index is -3.86. The number of nitro benzene ring substituents is 1. The van der Waals surface area contributed by atoms with Crippen molar-refractivity contribution in [2.75, 3.05) is 20.1 Å². The zero-order valence-corrected chi connectivity index (χ0v) is 12.3. The number of benzene rings is 1. The fraction of sp³-hybridized carbons (Fsp3) is 0.500. The Labute approximate surface area is 122 Å². The summed E-state index contributed by atoms with van der Waals surface area (Å²) in [7, 11) is -2.13. The molecule has 1 aliphatic heterocycles. The molecular formula is C12H16FN3O4S. The molecule has 2 rings (SSSR count). The summed E-state index contributed by atoms with van der Waals surface area (Å²) < 4.78 is 39.8. The number of nitrogens with one attached hydrogen (secondary N) is 1. The van der Waals surface area contributed by atoms with E-state index in [0.717, 1.165) is 31.0 Å². The van der Waals surface area contributed by atoms with Crippen molar-refractivity contribution in [3.8, 4) is 0 Å². The zero-order valence-electron chi connectivity index (χ0n) is 11.5. The van der Waals surface area contributed by atoms with Crippen molar-refractivity contribution >= 4 is 15.7 Å². The summed E-state index contributed by atoms with van der Waals surface area (Å²) in [4.78, 5) is 9.56. The molecule has 21 heavy (non-hydrogen) atoms. The summed E-state index contributed by atoms with van der Waals surface area (Å²) in [6.07, 6.45) is 1.46. The van der Waals surface area contributed by atoms with E-state index in [2.05, 4.69) is 5.32 Å². The van der Waals surface area contributed by atoms with E-state index in [4.69, 9.17) is 0 Å². The number of sulfonamides is 1. The van der Waals surface area contributed by atoms with Crippen molar-refractivity contribution in [2.45, 2.75) is 23.8 Å². The summed E-state index contributed by atoms with van der Waals surface area (Å²) in [5.74, 6) is -1.05. The van der Waals surface area contributed by atoms with Gasteiger partial charge in [0.1, 0.15) is 0 Å². The highest BCUT2D eigenvalue weighted by Crippen LogP contribution is 2.28. The van der Waals surface area contributed by atoms with Crippen LogP contribution in [0, 0.1) is 15.9 Å². The van der Waals surface area contributed by atoms with Crippen LogP contribution in [0.25, 0.3) is 0 Å². The molecule has 0 radical (unpaired) electrons. The van der Waals surface area contributed by atoms with Crippen LogP contribution in [0.2, 0.25) is 0 Å². The Morgan fingerprint density at radius 3 is 2.86 bits per heavy atom. The highest BCUT2D eigenvalue weighted by Gasteiger charge is 2.35. The molecule has 0 aliphatic carbocycles. The number of halogens is 1. The van der Waals surface area contributed by atoms with Crippen LogP contribution < -0.4 is 5.32 Å². The third kappa shape index (κ3) is 3.04. The third-order valence-corrected chi connectivity index (χ3v) is 5.43. The van der Waals surface area contributed by atoms with Crippen molar-refractivity contribution in [3.05, 3.63) is 34.1 Å². The fourth-order valence-electron chi connectivity index (χ4n) is 2.49. The maximum atomic E-state index is 13.3. The summed E-state index contributed by atoms with van der Waals surface area (Å²) in [5.41, 5.74) is -0.833. The average molecular weight is 317 g/mol. The van der Waals surface area contributed by atoms with Gasteiger partial charge in [-0.05, 0) is 32.0 Å². The largest absolute Gasteiger partial charge is 0.318 e. The first-order valence-corrected chi connectivity index (χ1v) is 7.92. The Morgan fingerprint density at radius 1 is 1.52 bits per heavy atom. The molecule has 1 N–H and O–H groups in total. The second-order valence-electron chi connectivity index (χ2n) is 4.84. The molecule has 0 aromatic heterocycles. The molecule has 1 aromatic carbocycles. The standard InChI is InChI=1S/C12H16FN3O4S/c1-14-8-9-3-2-6-15(9)21(19,20)10-4-5-11(13)12(7-10)16(17)18/h4-5,7,9,14H,2-3,6,8H2,1H3. The molecule has 1 fully saturated rings. The second-order valence-corrected chi connectivity index (χ2v) is 6.73. The molecule has 0 spiro atoms. The van der Waals surface area contributed by atoms with Gasteiger partial charge in [-0.15, -0.1) is 0 Å². The molecule has 9 heteroatoms. The Balaban J connectivity index is 2.40. The van der Waals surface area contributed by atoms with E-state index < -0.39 is 26.5 Å². The van der Waals surface area contributed by atoms with Crippen molar-refractivity contribution in [1.29, 1.82) is 0 Å². The van der Waals surface area contributed by atoms with Crippen LogP contribution in [0.1, 0.15) is 12.8 Å².